The molecule has 0 bridgehead atoms. The second kappa shape index (κ2) is 12.5. The van der Waals surface area contributed by atoms with Crippen LogP contribution in [-0.4, -0.2) is 66.8 Å². The molecule has 2 fully saturated rings. The lowest BCUT2D eigenvalue weighted by atomic mass is 10.1. The van der Waals surface area contributed by atoms with Gasteiger partial charge in [-0.15, -0.1) is 0 Å². The van der Waals surface area contributed by atoms with Crippen LogP contribution in [0.15, 0.2) is 48.5 Å². The van der Waals surface area contributed by atoms with Gasteiger partial charge in [-0.1, -0.05) is 0 Å². The molecule has 2 aliphatic rings. The Labute approximate surface area is 234 Å². The average Bonchev–Trinajstić information content (AvgIpc) is 3.59. The molecule has 0 spiro atoms. The van der Waals surface area contributed by atoms with E-state index < -0.39 is 38.3 Å². The van der Waals surface area contributed by atoms with Crippen LogP contribution in [0.25, 0.3) is 0 Å². The molecule has 0 aromatic heterocycles. The van der Waals surface area contributed by atoms with Gasteiger partial charge in [0.15, 0.2) is 0 Å². The number of carbonyl (C=O) groups excluding carboxylic acids is 2. The number of nitrogens with one attached hydrogen (secondary N) is 1. The normalized spacial score (nSPS) is 21.6. The summed E-state index contributed by atoms with van der Waals surface area (Å²) in [6.45, 7) is 0.0711. The van der Waals surface area contributed by atoms with Crippen LogP contribution in [0.3, 0.4) is 0 Å². The Morgan fingerprint density at radius 1 is 0.927 bits per heavy atom. The Kier molecular flexibility index (Phi) is 9.02. The molecule has 15 nitrogen and oxygen atoms in total. The zero-order valence-corrected chi connectivity index (χ0v) is 22.7. The Balaban J connectivity index is 1.29. The van der Waals surface area contributed by atoms with Crippen molar-refractivity contribution in [3.05, 3.63) is 79.9 Å². The zero-order chi connectivity index (χ0) is 29.7. The van der Waals surface area contributed by atoms with E-state index >= 15 is 0 Å². The lowest BCUT2D eigenvalue weighted by Crippen LogP contribution is -2.38. The van der Waals surface area contributed by atoms with Gasteiger partial charge in [-0.2, -0.15) is 8.42 Å². The molecule has 2 aromatic rings. The van der Waals surface area contributed by atoms with Gasteiger partial charge in [0, 0.05) is 36.9 Å². The van der Waals surface area contributed by atoms with Gasteiger partial charge in [-0.05, 0) is 60.1 Å². The van der Waals surface area contributed by atoms with Crippen molar-refractivity contribution in [2.75, 3.05) is 19.3 Å². The van der Waals surface area contributed by atoms with Crippen LogP contribution in [0.5, 0.6) is 0 Å². The number of nitrogens with zero attached hydrogens (tertiary/aromatic N) is 3. The van der Waals surface area contributed by atoms with Crippen molar-refractivity contribution in [3.8, 4) is 0 Å². The number of non-ortho nitro benzene ring substituents is 2. The summed E-state index contributed by atoms with van der Waals surface area (Å²) < 4.78 is 39.1. The largest absolute Gasteiger partial charge is 0.445 e. The summed E-state index contributed by atoms with van der Waals surface area (Å²) in [5, 5.41) is 24.2. The summed E-state index contributed by atoms with van der Waals surface area (Å²) in [6.07, 6.45) is -0.213. The summed E-state index contributed by atoms with van der Waals surface area (Å²) >= 11 is 0. The summed E-state index contributed by atoms with van der Waals surface area (Å²) in [5.41, 5.74) is 0.965. The molecule has 41 heavy (non-hydrogen) atoms. The van der Waals surface area contributed by atoms with E-state index in [1.165, 1.54) is 53.4 Å². The topological polar surface area (TPSA) is 198 Å². The fourth-order valence-corrected chi connectivity index (χ4v) is 5.44. The summed E-state index contributed by atoms with van der Waals surface area (Å²) in [7, 11) is -3.76. The first-order chi connectivity index (χ1) is 19.4. The summed E-state index contributed by atoms with van der Waals surface area (Å²) in [6, 6.07) is 10.8. The Morgan fingerprint density at radius 2 is 1.46 bits per heavy atom. The molecule has 1 aliphatic heterocycles. The molecule has 16 heteroatoms. The molecule has 0 radical (unpaired) electrons. The lowest BCUT2D eigenvalue weighted by molar-refractivity contribution is -0.385. The summed E-state index contributed by atoms with van der Waals surface area (Å²) in [4.78, 5) is 47.1. The van der Waals surface area contributed by atoms with Crippen LogP contribution in [0.4, 0.5) is 21.0 Å². The van der Waals surface area contributed by atoms with Crippen molar-refractivity contribution >= 4 is 33.7 Å². The minimum Gasteiger partial charge on any atom is -0.445 e. The molecule has 1 N–H and O–H groups in total. The minimum atomic E-state index is -3.76. The highest BCUT2D eigenvalue weighted by Crippen LogP contribution is 2.46. The van der Waals surface area contributed by atoms with Gasteiger partial charge >= 0.3 is 12.2 Å². The van der Waals surface area contributed by atoms with Gasteiger partial charge in [-0.25, -0.2) is 9.59 Å². The minimum absolute atomic E-state index is 0.00472. The Morgan fingerprint density at radius 3 is 1.98 bits per heavy atom. The predicted octanol–water partition coefficient (Wildman–Crippen LogP) is 3.12. The third kappa shape index (κ3) is 8.34. The third-order valence-electron chi connectivity index (χ3n) is 6.86. The third-order valence-corrected chi connectivity index (χ3v) is 7.48. The van der Waals surface area contributed by atoms with Crippen LogP contribution in [0.2, 0.25) is 0 Å². The van der Waals surface area contributed by atoms with Gasteiger partial charge in [0.05, 0.1) is 28.8 Å². The fourth-order valence-electron chi connectivity index (χ4n) is 4.81. The van der Waals surface area contributed by atoms with Gasteiger partial charge in [0.1, 0.15) is 13.2 Å². The highest BCUT2D eigenvalue weighted by atomic mass is 32.2. The maximum absolute atomic E-state index is 13.0. The molecule has 4 rings (SSSR count). The molecular weight excluding hydrogens is 564 g/mol. The van der Waals surface area contributed by atoms with E-state index in [-0.39, 0.29) is 62.0 Å². The molecule has 1 heterocycles. The molecule has 220 valence electrons. The van der Waals surface area contributed by atoms with Crippen LogP contribution >= 0.6 is 0 Å². The monoisotopic (exact) mass is 592 g/mol. The number of hydrogen-bond acceptors (Lipinski definition) is 11. The number of amides is 2. The van der Waals surface area contributed by atoms with E-state index in [1.807, 2.05) is 0 Å². The SMILES string of the molecule is CS(=O)(=O)O[C@@H]1C[C@@H]([C@@H]2C[C@H]2CNC(=O)OCc2ccc([N+](=O)[O-])cc2)N(C(=O)OCc2ccc([N+](=O)[O-])cc2)C1. The Bertz CT molecular complexity index is 1400. The van der Waals surface area contributed by atoms with Crippen molar-refractivity contribution in [2.45, 2.75) is 38.2 Å². The molecule has 2 amide bonds. The Hall–Kier alpha value is -4.31. The number of hydrogen-bond donors (Lipinski definition) is 1. The van der Waals surface area contributed by atoms with Crippen molar-refractivity contribution in [3.63, 3.8) is 0 Å². The number of likely N-dealkylation sites (tertiary alicyclic amines) is 1. The average molecular weight is 593 g/mol. The van der Waals surface area contributed by atoms with E-state index in [2.05, 4.69) is 5.32 Å². The van der Waals surface area contributed by atoms with E-state index in [0.29, 0.717) is 17.5 Å². The van der Waals surface area contributed by atoms with Gasteiger partial charge < -0.3 is 19.7 Å². The number of benzene rings is 2. The van der Waals surface area contributed by atoms with E-state index in [1.54, 1.807) is 0 Å². The summed E-state index contributed by atoms with van der Waals surface area (Å²) in [5.74, 6) is -0.0288. The van der Waals surface area contributed by atoms with Crippen LogP contribution in [0, 0.1) is 32.1 Å². The smallest absolute Gasteiger partial charge is 0.410 e. The number of carbonyl (C=O) groups is 2. The molecule has 1 aliphatic carbocycles. The molecule has 0 unspecified atom stereocenters. The molecule has 1 saturated heterocycles. The zero-order valence-electron chi connectivity index (χ0n) is 21.9. The maximum Gasteiger partial charge on any atom is 0.410 e. The lowest BCUT2D eigenvalue weighted by Gasteiger charge is -2.24. The second-order valence-corrected chi connectivity index (χ2v) is 11.5. The fraction of sp³-hybridized carbons (Fsp3) is 0.440. The van der Waals surface area contributed by atoms with Crippen molar-refractivity contribution < 1.29 is 41.5 Å². The number of rotatable bonds is 11. The van der Waals surface area contributed by atoms with Gasteiger partial charge in [0.25, 0.3) is 21.5 Å². The maximum atomic E-state index is 13.0. The van der Waals surface area contributed by atoms with Crippen molar-refractivity contribution in [1.82, 2.24) is 10.2 Å². The first-order valence-electron chi connectivity index (χ1n) is 12.6. The van der Waals surface area contributed by atoms with E-state index in [9.17, 15) is 38.2 Å². The van der Waals surface area contributed by atoms with E-state index in [4.69, 9.17) is 13.7 Å². The first kappa shape index (κ1) is 29.7. The van der Waals surface area contributed by atoms with Gasteiger partial charge in [-0.3, -0.25) is 24.4 Å². The number of alkyl carbamates (subject to hydrolysis) is 1. The van der Waals surface area contributed by atoms with E-state index in [0.717, 1.165) is 6.26 Å². The second-order valence-electron chi connectivity index (χ2n) is 9.90. The number of nitro benzene ring substituents is 2. The number of nitro groups is 2. The predicted molar refractivity (Wildman–Crippen MR) is 141 cm³/mol. The van der Waals surface area contributed by atoms with Crippen LogP contribution in [0.1, 0.15) is 24.0 Å². The first-order valence-corrected chi connectivity index (χ1v) is 14.4. The highest BCUT2D eigenvalue weighted by molar-refractivity contribution is 7.86. The molecule has 2 aromatic carbocycles. The van der Waals surface area contributed by atoms with Crippen molar-refractivity contribution in [2.24, 2.45) is 11.8 Å². The molecule has 1 saturated carbocycles. The highest BCUT2D eigenvalue weighted by Gasteiger charge is 2.51. The van der Waals surface area contributed by atoms with Crippen LogP contribution in [-0.2, 0) is 37.0 Å². The number of ether oxygens (including phenoxy) is 2. The standard InChI is InChI=1S/C25H28N4O11S/c1-41(36,37)40-21-11-23(27(13-21)25(31)39-15-17-4-8-20(9-5-17)29(34)35)22-10-18(22)12-26-24(30)38-14-16-2-6-19(7-3-16)28(32)33/h2-9,18,21-23H,10-15H2,1H3,(H,26,30)/t18-,21+,22+,23-/m0/s1. The van der Waals surface area contributed by atoms with Crippen molar-refractivity contribution in [1.29, 1.82) is 0 Å². The van der Waals surface area contributed by atoms with Gasteiger partial charge in [0.2, 0.25) is 0 Å². The molecular formula is C25H28N4O11S. The quantitative estimate of drug-likeness (QED) is 0.228. The molecule has 4 atom stereocenters. The van der Waals surface area contributed by atoms with Crippen LogP contribution < -0.4 is 5.32 Å².